The fraction of sp³-hybridized carbons (Fsp3) is 1.00. The van der Waals surface area contributed by atoms with Crippen molar-refractivity contribution in [3.63, 3.8) is 0 Å². The Hall–Kier alpha value is -0.120. The van der Waals surface area contributed by atoms with Gasteiger partial charge in [-0.15, -0.1) is 0 Å². The Balaban J connectivity index is 3.20. The second-order valence-corrected chi connectivity index (χ2v) is 2.43. The number of hydrogen-bond donors (Lipinski definition) is 0. The fourth-order valence-electron chi connectivity index (χ4n) is 0.760. The summed E-state index contributed by atoms with van der Waals surface area (Å²) in [5.74, 6) is 0. The molecule has 1 atom stereocenters. The molecule has 67 valence electrons. The third-order valence-electron chi connectivity index (χ3n) is 1.43. The highest BCUT2D eigenvalue weighted by Gasteiger charge is 2.05. The summed E-state index contributed by atoms with van der Waals surface area (Å²) in [5, 5.41) is 10.2. The number of rotatable bonds is 7. The first kappa shape index (κ1) is 10.9. The average molecular weight is 161 g/mol. The molecule has 0 aliphatic carbocycles. The first-order chi connectivity index (χ1) is 5.35. The van der Waals surface area contributed by atoms with Crippen LogP contribution >= 0.6 is 0 Å². The number of ether oxygens (including phenoxy) is 2. The lowest BCUT2D eigenvalue weighted by Crippen LogP contribution is -2.19. The van der Waals surface area contributed by atoms with Gasteiger partial charge < -0.3 is 9.47 Å². The maximum absolute atomic E-state index is 10.2. The van der Waals surface area contributed by atoms with Gasteiger partial charge in [0.15, 0.2) is 0 Å². The zero-order valence-corrected chi connectivity index (χ0v) is 7.34. The van der Waals surface area contributed by atoms with Gasteiger partial charge in [-0.05, 0) is 6.42 Å². The Morgan fingerprint density at radius 2 is 2.18 bits per heavy atom. The molecule has 1 unspecified atom stereocenters. The Labute approximate surface area is 68.3 Å². The van der Waals surface area contributed by atoms with Crippen LogP contribution in [-0.4, -0.2) is 33.0 Å². The van der Waals surface area contributed by atoms with Crippen LogP contribution in [0.1, 0.15) is 19.8 Å². The minimum atomic E-state index is -0.0893. The first-order valence-corrected chi connectivity index (χ1v) is 4.03. The summed E-state index contributed by atoms with van der Waals surface area (Å²) in [6, 6.07) is 0. The van der Waals surface area contributed by atoms with Gasteiger partial charge in [0, 0.05) is 20.1 Å². The summed E-state index contributed by atoms with van der Waals surface area (Å²) in [7, 11) is 1.61. The van der Waals surface area contributed by atoms with E-state index in [1.54, 1.807) is 7.11 Å². The van der Waals surface area contributed by atoms with Gasteiger partial charge in [0.1, 0.15) is 0 Å². The molecule has 0 fully saturated rings. The predicted octanol–water partition coefficient (Wildman–Crippen LogP) is 1.25. The van der Waals surface area contributed by atoms with Crippen LogP contribution in [0.25, 0.3) is 0 Å². The van der Waals surface area contributed by atoms with E-state index in [1.165, 1.54) is 0 Å². The van der Waals surface area contributed by atoms with E-state index in [9.17, 15) is 5.11 Å². The van der Waals surface area contributed by atoms with Crippen LogP contribution in [0.4, 0.5) is 0 Å². The van der Waals surface area contributed by atoms with Crippen molar-refractivity contribution in [3.8, 4) is 0 Å². The standard InChI is InChI=1S/C8H17O3/c1-3-6-11-7-8(10-2)4-5-9/h8H,3-7H2,1-2H3. The average Bonchev–Trinajstić information content (AvgIpc) is 2.03. The van der Waals surface area contributed by atoms with Crippen molar-refractivity contribution < 1.29 is 14.6 Å². The Morgan fingerprint density at radius 1 is 1.45 bits per heavy atom. The van der Waals surface area contributed by atoms with E-state index in [4.69, 9.17) is 9.47 Å². The molecule has 0 heterocycles. The van der Waals surface area contributed by atoms with E-state index < -0.39 is 0 Å². The van der Waals surface area contributed by atoms with Crippen LogP contribution in [0, 0.1) is 0 Å². The third kappa shape index (κ3) is 6.28. The Bertz CT molecular complexity index is 75.7. The predicted molar refractivity (Wildman–Crippen MR) is 42.1 cm³/mol. The molecule has 1 radical (unpaired) electrons. The molecule has 3 heteroatoms. The van der Waals surface area contributed by atoms with Crippen molar-refractivity contribution in [3.05, 3.63) is 0 Å². The molecule has 0 saturated heterocycles. The third-order valence-corrected chi connectivity index (χ3v) is 1.43. The maximum atomic E-state index is 10.2. The van der Waals surface area contributed by atoms with E-state index in [2.05, 4.69) is 6.92 Å². The van der Waals surface area contributed by atoms with E-state index in [1.807, 2.05) is 0 Å². The molecule has 0 saturated carbocycles. The van der Waals surface area contributed by atoms with Gasteiger partial charge in [0.25, 0.3) is 0 Å². The van der Waals surface area contributed by atoms with Gasteiger partial charge in [-0.25, -0.2) is 5.11 Å². The molecule has 0 aliphatic heterocycles. The highest BCUT2D eigenvalue weighted by Crippen LogP contribution is 1.97. The van der Waals surface area contributed by atoms with Gasteiger partial charge in [-0.2, -0.15) is 0 Å². The van der Waals surface area contributed by atoms with Crippen LogP contribution in [0.2, 0.25) is 0 Å². The van der Waals surface area contributed by atoms with Crippen molar-refractivity contribution in [2.24, 2.45) is 0 Å². The largest absolute Gasteiger partial charge is 0.379 e. The summed E-state index contributed by atoms with van der Waals surface area (Å²) in [5.41, 5.74) is 0. The van der Waals surface area contributed by atoms with Gasteiger partial charge in [-0.1, -0.05) is 6.92 Å². The summed E-state index contributed by atoms with van der Waals surface area (Å²) in [6.45, 7) is 3.26. The molecule has 0 aromatic carbocycles. The second kappa shape index (κ2) is 7.98. The lowest BCUT2D eigenvalue weighted by atomic mass is 10.3. The van der Waals surface area contributed by atoms with E-state index in [0.717, 1.165) is 13.0 Å². The zero-order chi connectivity index (χ0) is 8.53. The molecular weight excluding hydrogens is 144 g/mol. The highest BCUT2D eigenvalue weighted by atomic mass is 16.5. The number of hydrogen-bond acceptors (Lipinski definition) is 2. The molecule has 0 rings (SSSR count). The molecule has 0 aromatic heterocycles. The van der Waals surface area contributed by atoms with Crippen molar-refractivity contribution in [2.45, 2.75) is 25.9 Å². The van der Waals surface area contributed by atoms with Crippen molar-refractivity contribution in [1.82, 2.24) is 0 Å². The molecule has 0 aliphatic rings. The summed E-state index contributed by atoms with van der Waals surface area (Å²) >= 11 is 0. The van der Waals surface area contributed by atoms with Crippen LogP contribution in [0.5, 0.6) is 0 Å². The van der Waals surface area contributed by atoms with Gasteiger partial charge >= 0.3 is 0 Å². The summed E-state index contributed by atoms with van der Waals surface area (Å²) in [4.78, 5) is 0. The van der Waals surface area contributed by atoms with Crippen LogP contribution < -0.4 is 0 Å². The first-order valence-electron chi connectivity index (χ1n) is 4.03. The van der Waals surface area contributed by atoms with Gasteiger partial charge in [-0.3, -0.25) is 0 Å². The molecular formula is C8H17O3. The van der Waals surface area contributed by atoms with E-state index in [0.29, 0.717) is 13.0 Å². The van der Waals surface area contributed by atoms with Gasteiger partial charge in [0.05, 0.1) is 19.3 Å². The van der Waals surface area contributed by atoms with Gasteiger partial charge in [0.2, 0.25) is 0 Å². The lowest BCUT2D eigenvalue weighted by Gasteiger charge is -2.12. The van der Waals surface area contributed by atoms with Crippen molar-refractivity contribution in [2.75, 3.05) is 26.9 Å². The summed E-state index contributed by atoms with van der Waals surface area (Å²) in [6.07, 6.45) is 1.53. The second-order valence-electron chi connectivity index (χ2n) is 2.43. The summed E-state index contributed by atoms with van der Waals surface area (Å²) < 4.78 is 10.2. The van der Waals surface area contributed by atoms with Crippen LogP contribution in [-0.2, 0) is 14.6 Å². The molecule has 0 bridgehead atoms. The van der Waals surface area contributed by atoms with E-state index >= 15 is 0 Å². The van der Waals surface area contributed by atoms with E-state index in [-0.39, 0.29) is 12.7 Å². The van der Waals surface area contributed by atoms with Crippen LogP contribution in [0.15, 0.2) is 0 Å². The smallest absolute Gasteiger partial charge is 0.0847 e. The molecule has 11 heavy (non-hydrogen) atoms. The SMILES string of the molecule is CCCOCC(CC[O])OC. The minimum Gasteiger partial charge on any atom is -0.379 e. The maximum Gasteiger partial charge on any atom is 0.0847 e. The molecule has 3 nitrogen and oxygen atoms in total. The lowest BCUT2D eigenvalue weighted by molar-refractivity contribution is -0.00846. The fourth-order valence-corrected chi connectivity index (χ4v) is 0.760. The molecule has 0 N–H and O–H groups in total. The monoisotopic (exact) mass is 161 g/mol. The highest BCUT2D eigenvalue weighted by molar-refractivity contribution is 4.53. The topological polar surface area (TPSA) is 38.4 Å². The van der Waals surface area contributed by atoms with Crippen molar-refractivity contribution in [1.29, 1.82) is 0 Å². The zero-order valence-electron chi connectivity index (χ0n) is 7.34. The molecule has 0 amide bonds. The molecule has 0 aromatic rings. The normalized spacial score (nSPS) is 13.4. The molecule has 0 spiro atoms. The minimum absolute atomic E-state index is 0.0148. The quantitative estimate of drug-likeness (QED) is 0.527. The van der Waals surface area contributed by atoms with Crippen molar-refractivity contribution >= 4 is 0 Å². The Morgan fingerprint density at radius 3 is 2.64 bits per heavy atom. The number of methoxy groups -OCH3 is 1. The van der Waals surface area contributed by atoms with Crippen LogP contribution in [0.3, 0.4) is 0 Å². The Kier molecular flexibility index (Phi) is 7.89.